The molecule has 4 bridgehead atoms. The fourth-order valence-corrected chi connectivity index (χ4v) is 6.39. The zero-order valence-corrected chi connectivity index (χ0v) is 17.4. The Labute approximate surface area is 178 Å². The summed E-state index contributed by atoms with van der Waals surface area (Å²) in [6.07, 6.45) is 6.66. The van der Waals surface area contributed by atoms with Gasteiger partial charge < -0.3 is 15.2 Å². The predicted octanol–water partition coefficient (Wildman–Crippen LogP) is 4.25. The summed E-state index contributed by atoms with van der Waals surface area (Å²) in [5.41, 5.74) is 2.01. The summed E-state index contributed by atoms with van der Waals surface area (Å²) in [6.45, 7) is 0.524. The second-order valence-corrected chi connectivity index (χ2v) is 9.83. The fraction of sp³-hybridized carbons (Fsp3) is 0.500. The molecule has 4 heteroatoms. The summed E-state index contributed by atoms with van der Waals surface area (Å²) in [6, 6.07) is 17.7. The van der Waals surface area contributed by atoms with E-state index >= 15 is 0 Å². The molecule has 4 saturated carbocycles. The van der Waals surface area contributed by atoms with Gasteiger partial charge >= 0.3 is 0 Å². The van der Waals surface area contributed by atoms with Gasteiger partial charge in [-0.25, -0.2) is 0 Å². The van der Waals surface area contributed by atoms with Gasteiger partial charge in [-0.3, -0.25) is 4.79 Å². The molecule has 0 saturated heterocycles. The summed E-state index contributed by atoms with van der Waals surface area (Å²) in [4.78, 5) is 12.8. The molecular formula is C26H31NO3. The standard InChI is InChI=1S/C26H31NO3/c28-24(25(29)27-26-14-20-10-21(15-26)12-22(11-20)16-26)13-18-6-8-23(9-7-18)30-17-19-4-2-1-3-5-19/h1-9,20-22,24,28H,10-17H2,(H,27,29). The highest BCUT2D eigenvalue weighted by Crippen LogP contribution is 2.55. The van der Waals surface area contributed by atoms with Crippen molar-refractivity contribution in [3.05, 3.63) is 65.7 Å². The Morgan fingerprint density at radius 1 is 0.933 bits per heavy atom. The first kappa shape index (κ1) is 19.6. The minimum absolute atomic E-state index is 0.0536. The molecule has 0 spiro atoms. The van der Waals surface area contributed by atoms with Crippen LogP contribution in [-0.2, 0) is 17.8 Å². The van der Waals surface area contributed by atoms with Crippen molar-refractivity contribution >= 4 is 5.91 Å². The lowest BCUT2D eigenvalue weighted by Gasteiger charge is -2.57. The van der Waals surface area contributed by atoms with Crippen LogP contribution in [0.25, 0.3) is 0 Å². The zero-order chi connectivity index (χ0) is 20.6. The molecule has 0 radical (unpaired) electrons. The van der Waals surface area contributed by atoms with E-state index in [2.05, 4.69) is 5.32 Å². The van der Waals surface area contributed by atoms with Gasteiger partial charge in [0, 0.05) is 12.0 Å². The van der Waals surface area contributed by atoms with Crippen LogP contribution in [0.5, 0.6) is 5.75 Å². The van der Waals surface area contributed by atoms with Gasteiger partial charge in [-0.1, -0.05) is 42.5 Å². The number of ether oxygens (including phenoxy) is 1. The average Bonchev–Trinajstić information content (AvgIpc) is 2.72. The summed E-state index contributed by atoms with van der Waals surface area (Å²) >= 11 is 0. The lowest BCUT2D eigenvalue weighted by atomic mass is 9.53. The van der Waals surface area contributed by atoms with Crippen molar-refractivity contribution in [1.82, 2.24) is 5.32 Å². The minimum atomic E-state index is -1.01. The summed E-state index contributed by atoms with van der Waals surface area (Å²) < 4.78 is 5.82. The molecule has 4 aliphatic carbocycles. The van der Waals surface area contributed by atoms with Crippen molar-refractivity contribution in [2.45, 2.75) is 63.2 Å². The number of hydrogen-bond donors (Lipinski definition) is 2. The lowest BCUT2D eigenvalue weighted by molar-refractivity contribution is -0.135. The van der Waals surface area contributed by atoms with Gasteiger partial charge in [-0.2, -0.15) is 0 Å². The van der Waals surface area contributed by atoms with Crippen LogP contribution in [0, 0.1) is 17.8 Å². The van der Waals surface area contributed by atoms with Gasteiger partial charge in [-0.05, 0) is 79.5 Å². The smallest absolute Gasteiger partial charge is 0.249 e. The Morgan fingerprint density at radius 3 is 2.13 bits per heavy atom. The van der Waals surface area contributed by atoms with Gasteiger partial charge in [0.05, 0.1) is 0 Å². The highest BCUT2D eigenvalue weighted by atomic mass is 16.5. The zero-order valence-electron chi connectivity index (χ0n) is 17.4. The van der Waals surface area contributed by atoms with E-state index in [1.165, 1.54) is 19.3 Å². The van der Waals surface area contributed by atoms with E-state index < -0.39 is 6.10 Å². The molecule has 2 N–H and O–H groups in total. The van der Waals surface area contributed by atoms with Crippen molar-refractivity contribution < 1.29 is 14.6 Å². The molecule has 158 valence electrons. The molecule has 1 unspecified atom stereocenters. The molecule has 0 aliphatic heterocycles. The number of benzene rings is 2. The van der Waals surface area contributed by atoms with E-state index in [-0.39, 0.29) is 11.4 Å². The van der Waals surface area contributed by atoms with Crippen LogP contribution < -0.4 is 10.1 Å². The number of nitrogens with one attached hydrogen (secondary N) is 1. The minimum Gasteiger partial charge on any atom is -0.489 e. The lowest BCUT2D eigenvalue weighted by Crippen LogP contribution is -2.61. The monoisotopic (exact) mass is 405 g/mol. The van der Waals surface area contributed by atoms with Crippen molar-refractivity contribution in [3.63, 3.8) is 0 Å². The fourth-order valence-electron chi connectivity index (χ4n) is 6.39. The van der Waals surface area contributed by atoms with E-state index in [4.69, 9.17) is 4.74 Å². The number of amides is 1. The first-order valence-corrected chi connectivity index (χ1v) is 11.3. The van der Waals surface area contributed by atoms with Gasteiger partial charge in [-0.15, -0.1) is 0 Å². The largest absolute Gasteiger partial charge is 0.489 e. The molecule has 1 atom stereocenters. The molecule has 0 heterocycles. The van der Waals surface area contributed by atoms with E-state index in [0.717, 1.165) is 53.9 Å². The quantitative estimate of drug-likeness (QED) is 0.724. The number of aliphatic hydroxyl groups excluding tert-OH is 1. The number of carbonyl (C=O) groups is 1. The summed E-state index contributed by atoms with van der Waals surface area (Å²) in [5.74, 6) is 2.91. The number of hydrogen-bond acceptors (Lipinski definition) is 3. The van der Waals surface area contributed by atoms with Crippen molar-refractivity contribution in [3.8, 4) is 5.75 Å². The molecule has 4 fully saturated rings. The van der Waals surface area contributed by atoms with Crippen LogP contribution in [0.4, 0.5) is 0 Å². The third-order valence-corrected chi connectivity index (χ3v) is 7.33. The molecule has 4 nitrogen and oxygen atoms in total. The summed E-state index contributed by atoms with van der Waals surface area (Å²) in [5, 5.41) is 13.8. The Hall–Kier alpha value is -2.33. The van der Waals surface area contributed by atoms with Crippen LogP contribution >= 0.6 is 0 Å². The molecule has 30 heavy (non-hydrogen) atoms. The maximum absolute atomic E-state index is 12.8. The van der Waals surface area contributed by atoms with Crippen molar-refractivity contribution in [2.75, 3.05) is 0 Å². The predicted molar refractivity (Wildman–Crippen MR) is 116 cm³/mol. The highest BCUT2D eigenvalue weighted by Gasteiger charge is 2.51. The number of aliphatic hydroxyl groups is 1. The van der Waals surface area contributed by atoms with Crippen LogP contribution in [0.1, 0.15) is 49.7 Å². The molecule has 1 amide bonds. The van der Waals surface area contributed by atoms with Crippen LogP contribution in [0.2, 0.25) is 0 Å². The first-order valence-electron chi connectivity index (χ1n) is 11.3. The third kappa shape index (κ3) is 4.24. The van der Waals surface area contributed by atoms with Crippen molar-refractivity contribution in [2.24, 2.45) is 17.8 Å². The molecule has 2 aromatic carbocycles. The number of rotatable bonds is 7. The SMILES string of the molecule is O=C(NC12CC3CC(CC(C3)C1)C2)C(O)Cc1ccc(OCc2ccccc2)cc1. The van der Waals surface area contributed by atoms with Crippen LogP contribution in [0.15, 0.2) is 54.6 Å². The van der Waals surface area contributed by atoms with Gasteiger partial charge in [0.1, 0.15) is 18.5 Å². The van der Waals surface area contributed by atoms with Gasteiger partial charge in [0.15, 0.2) is 0 Å². The Morgan fingerprint density at radius 2 is 1.53 bits per heavy atom. The molecule has 0 aromatic heterocycles. The average molecular weight is 406 g/mol. The van der Waals surface area contributed by atoms with Crippen LogP contribution in [-0.4, -0.2) is 22.7 Å². The molecular weight excluding hydrogens is 374 g/mol. The summed E-state index contributed by atoms with van der Waals surface area (Å²) in [7, 11) is 0. The highest BCUT2D eigenvalue weighted by molar-refractivity contribution is 5.81. The van der Waals surface area contributed by atoms with Gasteiger partial charge in [0.25, 0.3) is 0 Å². The van der Waals surface area contributed by atoms with Crippen LogP contribution in [0.3, 0.4) is 0 Å². The Kier molecular flexibility index (Phi) is 5.28. The van der Waals surface area contributed by atoms with Gasteiger partial charge in [0.2, 0.25) is 5.91 Å². The number of carbonyl (C=O) groups excluding carboxylic acids is 1. The Balaban J connectivity index is 1.14. The third-order valence-electron chi connectivity index (χ3n) is 7.33. The van der Waals surface area contributed by atoms with E-state index in [0.29, 0.717) is 13.0 Å². The molecule has 4 aliphatic rings. The normalized spacial score (nSPS) is 30.1. The maximum atomic E-state index is 12.8. The second-order valence-electron chi connectivity index (χ2n) is 9.83. The van der Waals surface area contributed by atoms with Crippen molar-refractivity contribution in [1.29, 1.82) is 0 Å². The molecule has 2 aromatic rings. The van der Waals surface area contributed by atoms with E-state index in [1.54, 1.807) is 0 Å². The Bertz CT molecular complexity index is 842. The topological polar surface area (TPSA) is 58.6 Å². The molecule has 6 rings (SSSR count). The first-order chi connectivity index (χ1) is 14.6. The second kappa shape index (κ2) is 8.07. The maximum Gasteiger partial charge on any atom is 0.249 e. The van der Waals surface area contributed by atoms with E-state index in [9.17, 15) is 9.90 Å². The van der Waals surface area contributed by atoms with E-state index in [1.807, 2.05) is 54.6 Å².